The van der Waals surface area contributed by atoms with E-state index in [1.54, 1.807) is 0 Å². The number of carboxylic acid groups (broad SMARTS) is 1. The van der Waals surface area contributed by atoms with Gasteiger partial charge in [0.1, 0.15) is 0 Å². The van der Waals surface area contributed by atoms with E-state index >= 15 is 0 Å². The largest absolute Gasteiger partial charge is 0.481 e. The molecule has 1 fully saturated rings. The molecule has 1 saturated heterocycles. The van der Waals surface area contributed by atoms with Crippen LogP contribution in [0.25, 0.3) is 0 Å². The van der Waals surface area contributed by atoms with E-state index in [9.17, 15) is 4.79 Å². The number of hydrogen-bond acceptors (Lipinski definition) is 2. The quantitative estimate of drug-likeness (QED) is 0.299. The number of carboxylic acids is 1. The molecule has 0 aliphatic carbocycles. The van der Waals surface area contributed by atoms with Crippen LogP contribution in [0, 0.1) is 0 Å². The van der Waals surface area contributed by atoms with Gasteiger partial charge in [0.05, 0.1) is 12.2 Å². The fraction of sp³-hybridized carbons (Fsp3) is 0.722. The van der Waals surface area contributed by atoms with E-state index < -0.39 is 5.97 Å². The molecule has 0 bridgehead atoms. The maximum atomic E-state index is 10.4. The van der Waals surface area contributed by atoms with Gasteiger partial charge in [0, 0.05) is 6.42 Å². The molecule has 1 heterocycles. The van der Waals surface area contributed by atoms with Crippen molar-refractivity contribution in [3.8, 4) is 0 Å². The Hall–Kier alpha value is -1.09. The second-order valence-electron chi connectivity index (χ2n) is 5.74. The summed E-state index contributed by atoms with van der Waals surface area (Å²) in [6.07, 6.45) is 19.8. The minimum absolute atomic E-state index is 0.313. The predicted octanol–water partition coefficient (Wildman–Crippen LogP) is 4.87. The summed E-state index contributed by atoms with van der Waals surface area (Å²) in [6, 6.07) is 0. The summed E-state index contributed by atoms with van der Waals surface area (Å²) in [6.45, 7) is 2.15. The summed E-state index contributed by atoms with van der Waals surface area (Å²) in [5.74, 6) is -0.678. The Morgan fingerprint density at radius 3 is 2.48 bits per heavy atom. The van der Waals surface area contributed by atoms with E-state index in [2.05, 4.69) is 31.2 Å². The standard InChI is InChI=1S/C18H30O3/c1-2-3-4-5-7-10-13-16-17(21-16)14-11-8-6-9-12-15-18(19)20/h3-4,7,10,16-17H,2,5-6,8-9,11-15H2,1H3,(H,19,20)/b4-3+,10-7+. The first-order chi connectivity index (χ1) is 10.2. The lowest BCUT2D eigenvalue weighted by Crippen LogP contribution is -1.94. The van der Waals surface area contributed by atoms with Crippen molar-refractivity contribution in [3.63, 3.8) is 0 Å². The van der Waals surface area contributed by atoms with Gasteiger partial charge in [0.2, 0.25) is 0 Å². The molecule has 0 amide bonds. The Balaban J connectivity index is 1.86. The third-order valence-electron chi connectivity index (χ3n) is 3.78. The number of ether oxygens (including phenoxy) is 1. The second kappa shape index (κ2) is 11.6. The molecule has 1 aliphatic rings. The fourth-order valence-corrected chi connectivity index (χ4v) is 2.46. The minimum Gasteiger partial charge on any atom is -0.481 e. The maximum Gasteiger partial charge on any atom is 0.303 e. The van der Waals surface area contributed by atoms with Crippen LogP contribution in [0.2, 0.25) is 0 Å². The molecule has 0 saturated carbocycles. The van der Waals surface area contributed by atoms with Gasteiger partial charge in [0.25, 0.3) is 0 Å². The molecule has 1 aliphatic heterocycles. The molecule has 3 heteroatoms. The molecule has 0 aromatic carbocycles. The van der Waals surface area contributed by atoms with Crippen LogP contribution in [0.3, 0.4) is 0 Å². The Bertz CT molecular complexity index is 333. The number of allylic oxidation sites excluding steroid dienone is 3. The first-order valence-corrected chi connectivity index (χ1v) is 8.41. The molecule has 0 aromatic rings. The van der Waals surface area contributed by atoms with Gasteiger partial charge >= 0.3 is 5.97 Å². The molecule has 1 rings (SSSR count). The highest BCUT2D eigenvalue weighted by Crippen LogP contribution is 2.30. The Morgan fingerprint density at radius 1 is 1.00 bits per heavy atom. The van der Waals surface area contributed by atoms with Crippen molar-refractivity contribution in [2.24, 2.45) is 0 Å². The zero-order valence-electron chi connectivity index (χ0n) is 13.3. The summed E-state index contributed by atoms with van der Waals surface area (Å²) < 4.78 is 5.66. The van der Waals surface area contributed by atoms with Crippen molar-refractivity contribution in [2.45, 2.75) is 83.3 Å². The second-order valence-corrected chi connectivity index (χ2v) is 5.74. The zero-order valence-corrected chi connectivity index (χ0v) is 13.3. The zero-order chi connectivity index (χ0) is 15.3. The van der Waals surface area contributed by atoms with E-state index in [4.69, 9.17) is 9.84 Å². The molecule has 1 N–H and O–H groups in total. The van der Waals surface area contributed by atoms with Gasteiger partial charge < -0.3 is 9.84 Å². The van der Waals surface area contributed by atoms with Gasteiger partial charge in [-0.2, -0.15) is 0 Å². The van der Waals surface area contributed by atoms with Gasteiger partial charge in [0.15, 0.2) is 0 Å². The van der Waals surface area contributed by atoms with Crippen LogP contribution in [0.4, 0.5) is 0 Å². The van der Waals surface area contributed by atoms with Crippen molar-refractivity contribution in [1.29, 1.82) is 0 Å². The van der Waals surface area contributed by atoms with E-state index in [1.165, 1.54) is 12.8 Å². The third-order valence-corrected chi connectivity index (χ3v) is 3.78. The van der Waals surface area contributed by atoms with Crippen LogP contribution in [-0.2, 0) is 9.53 Å². The number of hydrogen-bond donors (Lipinski definition) is 1. The molecule has 3 nitrogen and oxygen atoms in total. The van der Waals surface area contributed by atoms with E-state index in [0.717, 1.165) is 44.9 Å². The van der Waals surface area contributed by atoms with Crippen LogP contribution in [0.15, 0.2) is 24.3 Å². The summed E-state index contributed by atoms with van der Waals surface area (Å²) >= 11 is 0. The first-order valence-electron chi connectivity index (χ1n) is 8.41. The van der Waals surface area contributed by atoms with Crippen molar-refractivity contribution in [1.82, 2.24) is 0 Å². The molecular weight excluding hydrogens is 264 g/mol. The maximum absolute atomic E-state index is 10.4. The number of unbranched alkanes of at least 4 members (excludes halogenated alkanes) is 4. The molecule has 0 radical (unpaired) electrons. The van der Waals surface area contributed by atoms with E-state index in [1.807, 2.05) is 0 Å². The summed E-state index contributed by atoms with van der Waals surface area (Å²) in [7, 11) is 0. The van der Waals surface area contributed by atoms with Crippen LogP contribution < -0.4 is 0 Å². The smallest absolute Gasteiger partial charge is 0.303 e. The molecule has 2 unspecified atom stereocenters. The van der Waals surface area contributed by atoms with Gasteiger partial charge in [-0.1, -0.05) is 56.9 Å². The Labute approximate surface area is 129 Å². The first kappa shape index (κ1) is 18.0. The third kappa shape index (κ3) is 10.3. The monoisotopic (exact) mass is 294 g/mol. The van der Waals surface area contributed by atoms with Crippen LogP contribution in [0.1, 0.15) is 71.1 Å². The molecule has 0 spiro atoms. The summed E-state index contributed by atoms with van der Waals surface area (Å²) in [5, 5.41) is 8.53. The Kier molecular flexibility index (Phi) is 9.88. The number of rotatable bonds is 13. The van der Waals surface area contributed by atoms with Crippen molar-refractivity contribution in [3.05, 3.63) is 24.3 Å². The lowest BCUT2D eigenvalue weighted by molar-refractivity contribution is -0.137. The average Bonchev–Trinajstić information content (AvgIpc) is 3.20. The van der Waals surface area contributed by atoms with Gasteiger partial charge in [-0.15, -0.1) is 0 Å². The predicted molar refractivity (Wildman–Crippen MR) is 86.4 cm³/mol. The molecule has 2 atom stereocenters. The van der Waals surface area contributed by atoms with Gasteiger partial charge in [-0.25, -0.2) is 0 Å². The summed E-state index contributed by atoms with van der Waals surface area (Å²) in [4.78, 5) is 10.4. The molecular formula is C18H30O3. The van der Waals surface area contributed by atoms with Crippen molar-refractivity contribution < 1.29 is 14.6 Å². The highest BCUT2D eigenvalue weighted by molar-refractivity contribution is 5.66. The van der Waals surface area contributed by atoms with E-state index in [0.29, 0.717) is 18.6 Å². The lowest BCUT2D eigenvalue weighted by Gasteiger charge is -1.99. The lowest BCUT2D eigenvalue weighted by atomic mass is 10.1. The van der Waals surface area contributed by atoms with Crippen LogP contribution in [0.5, 0.6) is 0 Å². The van der Waals surface area contributed by atoms with Gasteiger partial charge in [-0.05, 0) is 32.1 Å². The number of aliphatic carboxylic acids is 1. The number of carbonyl (C=O) groups is 1. The van der Waals surface area contributed by atoms with Crippen molar-refractivity contribution in [2.75, 3.05) is 0 Å². The van der Waals surface area contributed by atoms with Crippen LogP contribution >= 0.6 is 0 Å². The average molecular weight is 294 g/mol. The highest BCUT2D eigenvalue weighted by atomic mass is 16.6. The normalized spacial score (nSPS) is 21.4. The minimum atomic E-state index is -0.678. The SMILES string of the molecule is CC/C=C/C/C=C/CC1OC1CCCCCCCC(=O)O. The molecule has 21 heavy (non-hydrogen) atoms. The number of epoxide rings is 1. The van der Waals surface area contributed by atoms with E-state index in [-0.39, 0.29) is 0 Å². The molecule has 0 aromatic heterocycles. The molecule has 120 valence electrons. The Morgan fingerprint density at radius 2 is 1.71 bits per heavy atom. The highest BCUT2D eigenvalue weighted by Gasteiger charge is 2.36. The van der Waals surface area contributed by atoms with Crippen molar-refractivity contribution >= 4 is 5.97 Å². The summed E-state index contributed by atoms with van der Waals surface area (Å²) in [5.41, 5.74) is 0. The van der Waals surface area contributed by atoms with Gasteiger partial charge in [-0.3, -0.25) is 4.79 Å². The van der Waals surface area contributed by atoms with Crippen LogP contribution in [-0.4, -0.2) is 23.3 Å². The fourth-order valence-electron chi connectivity index (χ4n) is 2.46. The topological polar surface area (TPSA) is 49.8 Å².